The van der Waals surface area contributed by atoms with E-state index in [0.29, 0.717) is 21.5 Å². The maximum Gasteiger partial charge on any atom is 0.234 e. The number of anilines is 1. The lowest BCUT2D eigenvalue weighted by Crippen LogP contribution is -2.13. The maximum atomic E-state index is 11.2. The number of carbonyl (C=O) groups is 1. The Kier molecular flexibility index (Phi) is 4.58. The topological polar surface area (TPSA) is 29.1 Å². The average Bonchev–Trinajstić information content (AvgIpc) is 2.10. The van der Waals surface area contributed by atoms with Crippen molar-refractivity contribution >= 4 is 46.6 Å². The molecule has 0 unspecified atom stereocenters. The van der Waals surface area contributed by atoms with E-state index in [9.17, 15) is 4.79 Å². The summed E-state index contributed by atoms with van der Waals surface area (Å²) >= 11 is 13.0. The SMILES string of the molecule is CSCC(=O)Nc1ccc(Cl)cc1Cl. The van der Waals surface area contributed by atoms with E-state index in [1.807, 2.05) is 6.26 Å². The molecule has 0 spiro atoms. The van der Waals surface area contributed by atoms with E-state index in [1.54, 1.807) is 18.2 Å². The quantitative estimate of drug-likeness (QED) is 0.891. The van der Waals surface area contributed by atoms with E-state index in [-0.39, 0.29) is 5.91 Å². The largest absolute Gasteiger partial charge is 0.324 e. The molecule has 1 aromatic rings. The maximum absolute atomic E-state index is 11.2. The molecule has 0 heterocycles. The zero-order valence-corrected chi connectivity index (χ0v) is 9.84. The van der Waals surface area contributed by atoms with Gasteiger partial charge in [-0.1, -0.05) is 23.2 Å². The van der Waals surface area contributed by atoms with Gasteiger partial charge >= 0.3 is 0 Å². The summed E-state index contributed by atoms with van der Waals surface area (Å²) in [6.45, 7) is 0. The molecule has 0 bridgehead atoms. The Morgan fingerprint density at radius 2 is 2.21 bits per heavy atom. The molecule has 14 heavy (non-hydrogen) atoms. The van der Waals surface area contributed by atoms with Crippen molar-refractivity contribution in [2.45, 2.75) is 0 Å². The molecule has 1 N–H and O–H groups in total. The fourth-order valence-corrected chi connectivity index (χ4v) is 1.70. The number of benzene rings is 1. The van der Waals surface area contributed by atoms with Crippen LogP contribution < -0.4 is 5.32 Å². The Morgan fingerprint density at radius 3 is 2.79 bits per heavy atom. The van der Waals surface area contributed by atoms with E-state index in [2.05, 4.69) is 5.32 Å². The van der Waals surface area contributed by atoms with Crippen molar-refractivity contribution in [2.24, 2.45) is 0 Å². The molecule has 0 atom stereocenters. The molecule has 0 aromatic heterocycles. The second-order valence-electron chi connectivity index (χ2n) is 2.61. The number of rotatable bonds is 3. The first-order valence-corrected chi connectivity index (χ1v) is 6.02. The number of halogens is 2. The lowest BCUT2D eigenvalue weighted by molar-refractivity contribution is -0.113. The van der Waals surface area contributed by atoms with E-state index >= 15 is 0 Å². The third kappa shape index (κ3) is 3.40. The molecule has 0 aliphatic rings. The van der Waals surface area contributed by atoms with E-state index in [0.717, 1.165) is 0 Å². The first kappa shape index (κ1) is 11.7. The van der Waals surface area contributed by atoms with Crippen molar-refractivity contribution in [1.29, 1.82) is 0 Å². The summed E-state index contributed by atoms with van der Waals surface area (Å²) in [5.74, 6) is 0.348. The van der Waals surface area contributed by atoms with Gasteiger partial charge in [-0.2, -0.15) is 11.8 Å². The molecule has 0 saturated carbocycles. The predicted octanol–water partition coefficient (Wildman–Crippen LogP) is 3.29. The van der Waals surface area contributed by atoms with Gasteiger partial charge in [-0.3, -0.25) is 4.79 Å². The Bertz CT molecular complexity index is 344. The minimum Gasteiger partial charge on any atom is -0.324 e. The highest BCUT2D eigenvalue weighted by Crippen LogP contribution is 2.25. The van der Waals surface area contributed by atoms with Gasteiger partial charge in [-0.25, -0.2) is 0 Å². The van der Waals surface area contributed by atoms with Crippen LogP contribution in [-0.2, 0) is 4.79 Å². The van der Waals surface area contributed by atoms with Crippen LogP contribution in [-0.4, -0.2) is 17.9 Å². The molecule has 5 heteroatoms. The first-order valence-electron chi connectivity index (χ1n) is 3.87. The molecule has 1 amide bonds. The van der Waals surface area contributed by atoms with Gasteiger partial charge in [-0.05, 0) is 24.5 Å². The van der Waals surface area contributed by atoms with Gasteiger partial charge in [0.1, 0.15) is 0 Å². The normalized spacial score (nSPS) is 9.93. The molecule has 0 aliphatic carbocycles. The number of thioether (sulfide) groups is 1. The molecule has 1 aromatic carbocycles. The summed E-state index contributed by atoms with van der Waals surface area (Å²) in [5.41, 5.74) is 0.593. The standard InChI is InChI=1S/C9H9Cl2NOS/c1-14-5-9(13)12-8-3-2-6(10)4-7(8)11/h2-4H,5H2,1H3,(H,12,13). The van der Waals surface area contributed by atoms with Crippen molar-refractivity contribution in [2.75, 3.05) is 17.3 Å². The Morgan fingerprint density at radius 1 is 1.50 bits per heavy atom. The monoisotopic (exact) mass is 249 g/mol. The molecular formula is C9H9Cl2NOS. The van der Waals surface area contributed by atoms with Crippen LogP contribution >= 0.6 is 35.0 Å². The Balaban J connectivity index is 2.72. The summed E-state index contributed by atoms with van der Waals surface area (Å²) in [6.07, 6.45) is 1.86. The molecule has 0 aliphatic heterocycles. The van der Waals surface area contributed by atoms with Crippen molar-refractivity contribution in [3.8, 4) is 0 Å². The lowest BCUT2D eigenvalue weighted by atomic mass is 10.3. The van der Waals surface area contributed by atoms with Gasteiger partial charge in [0.25, 0.3) is 0 Å². The number of carbonyl (C=O) groups excluding carboxylic acids is 1. The van der Waals surface area contributed by atoms with Crippen molar-refractivity contribution < 1.29 is 4.79 Å². The first-order chi connectivity index (χ1) is 6.63. The number of nitrogens with one attached hydrogen (secondary N) is 1. The lowest BCUT2D eigenvalue weighted by Gasteiger charge is -2.06. The Hall–Kier alpha value is -0.380. The smallest absolute Gasteiger partial charge is 0.234 e. The zero-order valence-electron chi connectivity index (χ0n) is 7.51. The third-order valence-electron chi connectivity index (χ3n) is 1.48. The predicted molar refractivity (Wildman–Crippen MR) is 63.5 cm³/mol. The fourth-order valence-electron chi connectivity index (χ4n) is 0.908. The summed E-state index contributed by atoms with van der Waals surface area (Å²) < 4.78 is 0. The van der Waals surface area contributed by atoms with Crippen LogP contribution in [0.1, 0.15) is 0 Å². The second-order valence-corrected chi connectivity index (χ2v) is 4.32. The van der Waals surface area contributed by atoms with Crippen LogP contribution in [0.15, 0.2) is 18.2 Å². The molecule has 0 radical (unpaired) electrons. The number of hydrogen-bond acceptors (Lipinski definition) is 2. The third-order valence-corrected chi connectivity index (χ3v) is 2.58. The fraction of sp³-hybridized carbons (Fsp3) is 0.222. The van der Waals surface area contributed by atoms with Crippen LogP contribution in [0.4, 0.5) is 5.69 Å². The molecular weight excluding hydrogens is 241 g/mol. The van der Waals surface area contributed by atoms with Crippen molar-refractivity contribution in [3.63, 3.8) is 0 Å². The summed E-state index contributed by atoms with van der Waals surface area (Å²) in [4.78, 5) is 11.2. The Labute approximate surface area is 97.0 Å². The summed E-state index contributed by atoms with van der Waals surface area (Å²) in [5, 5.41) is 3.69. The minimum absolute atomic E-state index is 0.0678. The van der Waals surface area contributed by atoms with Gasteiger partial charge in [0.05, 0.1) is 16.5 Å². The van der Waals surface area contributed by atoms with Gasteiger partial charge in [-0.15, -0.1) is 0 Å². The van der Waals surface area contributed by atoms with Crippen LogP contribution in [0.5, 0.6) is 0 Å². The van der Waals surface area contributed by atoms with Crippen LogP contribution in [0.2, 0.25) is 10.0 Å². The highest BCUT2D eigenvalue weighted by molar-refractivity contribution is 7.99. The van der Waals surface area contributed by atoms with E-state index in [1.165, 1.54) is 11.8 Å². The average molecular weight is 250 g/mol. The van der Waals surface area contributed by atoms with Crippen LogP contribution in [0.3, 0.4) is 0 Å². The van der Waals surface area contributed by atoms with Crippen molar-refractivity contribution in [1.82, 2.24) is 0 Å². The van der Waals surface area contributed by atoms with Crippen LogP contribution in [0.25, 0.3) is 0 Å². The van der Waals surface area contributed by atoms with Gasteiger partial charge in [0.15, 0.2) is 0 Å². The summed E-state index contributed by atoms with van der Waals surface area (Å²) in [6, 6.07) is 4.96. The highest BCUT2D eigenvalue weighted by Gasteiger charge is 2.04. The minimum atomic E-state index is -0.0678. The van der Waals surface area contributed by atoms with E-state index in [4.69, 9.17) is 23.2 Å². The van der Waals surface area contributed by atoms with Gasteiger partial charge < -0.3 is 5.32 Å². The van der Waals surface area contributed by atoms with Crippen molar-refractivity contribution in [3.05, 3.63) is 28.2 Å². The van der Waals surface area contributed by atoms with Gasteiger partial charge in [0.2, 0.25) is 5.91 Å². The van der Waals surface area contributed by atoms with E-state index < -0.39 is 0 Å². The molecule has 1 rings (SSSR count). The van der Waals surface area contributed by atoms with Gasteiger partial charge in [0, 0.05) is 5.02 Å². The zero-order chi connectivity index (χ0) is 10.6. The highest BCUT2D eigenvalue weighted by atomic mass is 35.5. The molecule has 76 valence electrons. The summed E-state index contributed by atoms with van der Waals surface area (Å²) in [7, 11) is 0. The molecule has 2 nitrogen and oxygen atoms in total. The molecule has 0 fully saturated rings. The molecule has 0 saturated heterocycles. The number of hydrogen-bond donors (Lipinski definition) is 1. The number of amides is 1. The second kappa shape index (κ2) is 5.49. The van der Waals surface area contributed by atoms with Crippen LogP contribution in [0, 0.1) is 0 Å².